The first kappa shape index (κ1) is 39.4. The smallest absolute Gasteiger partial charge is 0.309 e. The van der Waals surface area contributed by atoms with E-state index in [1.165, 1.54) is 19.3 Å². The fourth-order valence-corrected chi connectivity index (χ4v) is 8.93. The number of aliphatic carboxylic acids is 1. The van der Waals surface area contributed by atoms with E-state index in [4.69, 9.17) is 5.73 Å². The second-order valence-corrected chi connectivity index (χ2v) is 15.3. The topological polar surface area (TPSA) is 160 Å². The van der Waals surface area contributed by atoms with Crippen molar-refractivity contribution in [2.45, 2.75) is 141 Å². The number of aliphatic hydroxyl groups is 3. The van der Waals surface area contributed by atoms with Gasteiger partial charge in [-0.2, -0.15) is 0 Å². The molecule has 0 radical (unpaired) electrons. The Labute approximate surface area is 279 Å². The van der Waals surface area contributed by atoms with E-state index in [1.807, 2.05) is 7.05 Å². The minimum absolute atomic E-state index is 0.0370. The van der Waals surface area contributed by atoms with Crippen molar-refractivity contribution in [1.82, 2.24) is 16.0 Å². The van der Waals surface area contributed by atoms with Crippen molar-refractivity contribution >= 4 is 5.97 Å². The molecule has 9 nitrogen and oxygen atoms in total. The van der Waals surface area contributed by atoms with Crippen LogP contribution in [0.25, 0.3) is 0 Å². The van der Waals surface area contributed by atoms with Crippen LogP contribution in [0.5, 0.6) is 0 Å². The van der Waals surface area contributed by atoms with Gasteiger partial charge in [-0.05, 0) is 115 Å². The Balaban J connectivity index is 1.52. The first-order chi connectivity index (χ1) is 22.1. The molecule has 268 valence electrons. The first-order valence-electron chi connectivity index (χ1n) is 18.9. The minimum atomic E-state index is -1.01. The Morgan fingerprint density at radius 1 is 1.07 bits per heavy atom. The third-order valence-electron chi connectivity index (χ3n) is 11.7. The standard InChI is InChI=1S/C37H70N4O5/c1-4-6-8-11-26-14-15-28(33(42)19-26)12-9-7-10-13-32(36(44)45)34(43)21-31(25-39-3)37(46)22-29(30(23-37)24-40-5-2)18-27-16-17-41-35(38)20-27/h14-15,26-35,39-43,46H,4-13,16-25,38H2,1-3H3,(H,44,45). The van der Waals surface area contributed by atoms with Crippen LogP contribution in [0, 0.1) is 41.4 Å². The van der Waals surface area contributed by atoms with E-state index in [1.54, 1.807) is 0 Å². The van der Waals surface area contributed by atoms with Crippen LogP contribution in [0.1, 0.15) is 117 Å². The molecule has 2 aliphatic carbocycles. The summed E-state index contributed by atoms with van der Waals surface area (Å²) in [7, 11) is 1.86. The molecule has 0 aromatic carbocycles. The second-order valence-electron chi connectivity index (χ2n) is 15.3. The lowest BCUT2D eigenvalue weighted by Crippen LogP contribution is -2.45. The van der Waals surface area contributed by atoms with Gasteiger partial charge in [0, 0.05) is 18.4 Å². The summed E-state index contributed by atoms with van der Waals surface area (Å²) in [6.45, 7) is 7.54. The SMILES string of the molecule is CCCCCC1C=CC(CCCCCC(C(=O)O)C(O)CC(CNC)C2(O)CC(CNCC)C(CC3CCNC(N)C3)C2)C(O)C1. The number of nitrogens with two attached hydrogens (primary N) is 1. The van der Waals surface area contributed by atoms with Crippen LogP contribution < -0.4 is 21.7 Å². The van der Waals surface area contributed by atoms with E-state index >= 15 is 0 Å². The summed E-state index contributed by atoms with van der Waals surface area (Å²) in [6.07, 6.45) is 17.5. The molecule has 0 aromatic heterocycles. The van der Waals surface area contributed by atoms with E-state index in [0.29, 0.717) is 49.5 Å². The molecular weight excluding hydrogens is 580 g/mol. The van der Waals surface area contributed by atoms with Crippen molar-refractivity contribution in [2.75, 3.05) is 33.2 Å². The van der Waals surface area contributed by atoms with Gasteiger partial charge < -0.3 is 42.1 Å². The normalized spacial score (nSPS) is 33.6. The molecule has 0 bridgehead atoms. The lowest BCUT2D eigenvalue weighted by molar-refractivity contribution is -0.147. The number of unbranched alkanes of at least 4 members (excludes halogenated alkanes) is 4. The van der Waals surface area contributed by atoms with Gasteiger partial charge in [0.25, 0.3) is 0 Å². The lowest BCUT2D eigenvalue weighted by Gasteiger charge is -2.36. The van der Waals surface area contributed by atoms with Crippen LogP contribution in [0.2, 0.25) is 0 Å². The maximum absolute atomic E-state index is 12.3. The van der Waals surface area contributed by atoms with Crippen molar-refractivity contribution in [3.63, 3.8) is 0 Å². The van der Waals surface area contributed by atoms with Gasteiger partial charge in [-0.3, -0.25) is 4.79 Å². The van der Waals surface area contributed by atoms with Crippen LogP contribution >= 0.6 is 0 Å². The molecule has 2 fully saturated rings. The van der Waals surface area contributed by atoms with E-state index in [0.717, 1.165) is 77.4 Å². The molecule has 3 aliphatic rings. The van der Waals surface area contributed by atoms with Crippen LogP contribution in [0.4, 0.5) is 0 Å². The molecule has 1 saturated heterocycles. The summed E-state index contributed by atoms with van der Waals surface area (Å²) in [4.78, 5) is 12.3. The highest BCUT2D eigenvalue weighted by atomic mass is 16.4. The van der Waals surface area contributed by atoms with Gasteiger partial charge in [0.2, 0.25) is 0 Å². The van der Waals surface area contributed by atoms with Crippen LogP contribution in [0.15, 0.2) is 12.2 Å². The second kappa shape index (κ2) is 20.4. The molecule has 0 aromatic rings. The van der Waals surface area contributed by atoms with Gasteiger partial charge in [0.15, 0.2) is 0 Å². The van der Waals surface area contributed by atoms with Gasteiger partial charge in [0.1, 0.15) is 0 Å². The zero-order valence-corrected chi connectivity index (χ0v) is 29.3. The third kappa shape index (κ3) is 12.4. The van der Waals surface area contributed by atoms with Crippen LogP contribution in [0.3, 0.4) is 0 Å². The molecular formula is C37H70N4O5. The Kier molecular flexibility index (Phi) is 17.5. The number of nitrogens with one attached hydrogen (secondary N) is 3. The fourth-order valence-electron chi connectivity index (χ4n) is 8.93. The molecule has 46 heavy (non-hydrogen) atoms. The zero-order chi connectivity index (χ0) is 33.5. The van der Waals surface area contributed by atoms with Crippen molar-refractivity contribution < 1.29 is 25.2 Å². The fraction of sp³-hybridized carbons (Fsp3) is 0.919. The van der Waals surface area contributed by atoms with Gasteiger partial charge in [-0.1, -0.05) is 64.5 Å². The quantitative estimate of drug-likeness (QED) is 0.0628. The molecule has 3 rings (SSSR count). The molecule has 1 heterocycles. The number of piperidine rings is 1. The molecule has 9 heteroatoms. The Morgan fingerprint density at radius 2 is 1.83 bits per heavy atom. The average molecular weight is 651 g/mol. The van der Waals surface area contributed by atoms with E-state index in [9.17, 15) is 25.2 Å². The monoisotopic (exact) mass is 651 g/mol. The summed E-state index contributed by atoms with van der Waals surface area (Å²) < 4.78 is 0. The highest BCUT2D eigenvalue weighted by molar-refractivity contribution is 5.70. The molecule has 0 amide bonds. The number of carbonyl (C=O) groups is 1. The number of aliphatic hydroxyl groups excluding tert-OH is 2. The molecule has 9 N–H and O–H groups in total. The van der Waals surface area contributed by atoms with Crippen molar-refractivity contribution in [2.24, 2.45) is 47.2 Å². The molecule has 1 saturated carbocycles. The third-order valence-corrected chi connectivity index (χ3v) is 11.7. The molecule has 11 atom stereocenters. The van der Waals surface area contributed by atoms with Crippen LogP contribution in [-0.2, 0) is 4.79 Å². The van der Waals surface area contributed by atoms with Gasteiger partial charge in [-0.25, -0.2) is 0 Å². The zero-order valence-electron chi connectivity index (χ0n) is 29.3. The van der Waals surface area contributed by atoms with E-state index in [-0.39, 0.29) is 30.5 Å². The number of rotatable bonds is 22. The number of hydrogen-bond donors (Lipinski definition) is 8. The first-order valence-corrected chi connectivity index (χ1v) is 18.9. The Bertz CT molecular complexity index is 892. The molecule has 11 unspecified atom stereocenters. The Hall–Kier alpha value is -1.07. The number of allylic oxidation sites excluding steroid dienone is 1. The molecule has 0 spiro atoms. The highest BCUT2D eigenvalue weighted by Crippen LogP contribution is 2.48. The summed E-state index contributed by atoms with van der Waals surface area (Å²) >= 11 is 0. The lowest BCUT2D eigenvalue weighted by atomic mass is 9.77. The van der Waals surface area contributed by atoms with E-state index < -0.39 is 23.6 Å². The number of hydrogen-bond acceptors (Lipinski definition) is 8. The molecule has 1 aliphatic heterocycles. The highest BCUT2D eigenvalue weighted by Gasteiger charge is 2.49. The number of carboxylic acid groups (broad SMARTS) is 1. The summed E-state index contributed by atoms with van der Waals surface area (Å²) in [5, 5.41) is 54.3. The van der Waals surface area contributed by atoms with Crippen molar-refractivity contribution in [3.05, 3.63) is 12.2 Å². The average Bonchev–Trinajstić information content (AvgIpc) is 3.33. The predicted molar refractivity (Wildman–Crippen MR) is 186 cm³/mol. The van der Waals surface area contributed by atoms with Crippen molar-refractivity contribution in [1.29, 1.82) is 0 Å². The predicted octanol–water partition coefficient (Wildman–Crippen LogP) is 4.40. The van der Waals surface area contributed by atoms with Gasteiger partial charge >= 0.3 is 5.97 Å². The van der Waals surface area contributed by atoms with Crippen LogP contribution in [-0.4, -0.2) is 83.6 Å². The number of carboxylic acids is 1. The van der Waals surface area contributed by atoms with Gasteiger partial charge in [-0.15, -0.1) is 0 Å². The van der Waals surface area contributed by atoms with E-state index in [2.05, 4.69) is 41.9 Å². The maximum Gasteiger partial charge on any atom is 0.309 e. The van der Waals surface area contributed by atoms with Crippen molar-refractivity contribution in [3.8, 4) is 0 Å². The van der Waals surface area contributed by atoms with Gasteiger partial charge in [0.05, 0.1) is 29.9 Å². The Morgan fingerprint density at radius 3 is 2.50 bits per heavy atom. The largest absolute Gasteiger partial charge is 0.481 e. The minimum Gasteiger partial charge on any atom is -0.481 e. The summed E-state index contributed by atoms with van der Waals surface area (Å²) in [5.74, 6) is -0.112. The summed E-state index contributed by atoms with van der Waals surface area (Å²) in [5.41, 5.74) is 5.26. The maximum atomic E-state index is 12.3. The summed E-state index contributed by atoms with van der Waals surface area (Å²) in [6, 6.07) is 0.